The Morgan fingerprint density at radius 1 is 1.07 bits per heavy atom. The number of benzene rings is 1. The zero-order valence-electron chi connectivity index (χ0n) is 7.44. The third-order valence-electron chi connectivity index (χ3n) is 1.84. The normalized spacial score (nSPS) is 11.7. The Morgan fingerprint density at radius 2 is 1.73 bits per heavy atom. The van der Waals surface area contributed by atoms with E-state index in [2.05, 4.69) is 10.3 Å². The minimum absolute atomic E-state index is 0.335. The number of hydrogen-bond acceptors (Lipinski definition) is 2. The molecule has 1 aromatic heterocycles. The van der Waals surface area contributed by atoms with Gasteiger partial charge in [-0.25, -0.2) is 4.68 Å². The molecule has 0 saturated heterocycles. The van der Waals surface area contributed by atoms with E-state index in [4.69, 9.17) is 0 Å². The largest absolute Gasteiger partial charge is 0.435 e. The summed E-state index contributed by atoms with van der Waals surface area (Å²) in [6.07, 6.45) is -3.74. The minimum atomic E-state index is -4.45. The van der Waals surface area contributed by atoms with Gasteiger partial charge >= 0.3 is 6.18 Å². The molecule has 2 rings (SSSR count). The first kappa shape index (κ1) is 9.70. The van der Waals surface area contributed by atoms with Gasteiger partial charge in [0.15, 0.2) is 5.69 Å². The lowest BCUT2D eigenvalue weighted by Crippen LogP contribution is -2.13. The van der Waals surface area contributed by atoms with Crippen LogP contribution < -0.4 is 0 Å². The third kappa shape index (κ3) is 1.83. The smallest absolute Gasteiger partial charge is 0.208 e. The van der Waals surface area contributed by atoms with Crippen LogP contribution in [0, 0.1) is 0 Å². The van der Waals surface area contributed by atoms with Crippen molar-refractivity contribution in [1.29, 1.82) is 0 Å². The van der Waals surface area contributed by atoms with Crippen molar-refractivity contribution >= 4 is 0 Å². The molecule has 0 N–H and O–H groups in total. The fraction of sp³-hybridized carbons (Fsp3) is 0.111. The average Bonchev–Trinajstić information content (AvgIpc) is 2.67. The molecule has 15 heavy (non-hydrogen) atoms. The van der Waals surface area contributed by atoms with Gasteiger partial charge in [0.25, 0.3) is 0 Å². The van der Waals surface area contributed by atoms with Crippen LogP contribution in [-0.4, -0.2) is 15.0 Å². The number of halogens is 3. The van der Waals surface area contributed by atoms with Crippen LogP contribution in [-0.2, 0) is 6.18 Å². The summed E-state index contributed by atoms with van der Waals surface area (Å²) in [5, 5.41) is 6.66. The Hall–Kier alpha value is -1.85. The van der Waals surface area contributed by atoms with Crippen molar-refractivity contribution in [2.45, 2.75) is 6.18 Å². The maximum atomic E-state index is 12.5. The molecule has 0 bridgehead atoms. The second-order valence-corrected chi connectivity index (χ2v) is 2.86. The fourth-order valence-electron chi connectivity index (χ4n) is 1.19. The van der Waals surface area contributed by atoms with Gasteiger partial charge in [0, 0.05) is 0 Å². The molecule has 0 aliphatic heterocycles. The molecule has 78 valence electrons. The molecule has 1 heterocycles. The zero-order chi connectivity index (χ0) is 10.9. The minimum Gasteiger partial charge on any atom is -0.208 e. The molecule has 0 unspecified atom stereocenters. The van der Waals surface area contributed by atoms with Gasteiger partial charge in [0.05, 0.1) is 11.9 Å². The van der Waals surface area contributed by atoms with Gasteiger partial charge in [-0.2, -0.15) is 13.2 Å². The lowest BCUT2D eigenvalue weighted by Gasteiger charge is -2.08. The van der Waals surface area contributed by atoms with E-state index >= 15 is 0 Å². The van der Waals surface area contributed by atoms with E-state index in [1.165, 1.54) is 12.1 Å². The van der Waals surface area contributed by atoms with E-state index in [9.17, 15) is 13.2 Å². The molecule has 6 heteroatoms. The number of nitrogens with zero attached hydrogens (tertiary/aromatic N) is 3. The van der Waals surface area contributed by atoms with Gasteiger partial charge in [0.1, 0.15) is 0 Å². The number of hydrogen-bond donors (Lipinski definition) is 0. The Balaban J connectivity index is 2.51. The highest BCUT2D eigenvalue weighted by atomic mass is 19.4. The van der Waals surface area contributed by atoms with Crippen molar-refractivity contribution in [2.75, 3.05) is 0 Å². The Bertz CT molecular complexity index is 447. The maximum Gasteiger partial charge on any atom is 0.435 e. The lowest BCUT2D eigenvalue weighted by molar-refractivity contribution is -0.142. The van der Waals surface area contributed by atoms with Crippen molar-refractivity contribution in [2.24, 2.45) is 0 Å². The van der Waals surface area contributed by atoms with Gasteiger partial charge in [-0.3, -0.25) is 0 Å². The summed E-state index contributed by atoms with van der Waals surface area (Å²) in [4.78, 5) is 0. The van der Waals surface area contributed by atoms with Crippen LogP contribution in [0.5, 0.6) is 0 Å². The molecular weight excluding hydrogens is 207 g/mol. The monoisotopic (exact) mass is 213 g/mol. The van der Waals surface area contributed by atoms with Crippen LogP contribution >= 0.6 is 0 Å². The SMILES string of the molecule is FC(F)(F)c1cnnn1-c1ccccc1. The number of para-hydroxylation sites is 1. The van der Waals surface area contributed by atoms with Crippen LogP contribution in [0.25, 0.3) is 5.69 Å². The highest BCUT2D eigenvalue weighted by Gasteiger charge is 2.35. The second-order valence-electron chi connectivity index (χ2n) is 2.86. The van der Waals surface area contributed by atoms with Crippen LogP contribution in [0.15, 0.2) is 36.5 Å². The molecule has 0 radical (unpaired) electrons. The van der Waals surface area contributed by atoms with Crippen molar-refractivity contribution in [3.05, 3.63) is 42.2 Å². The molecule has 0 atom stereocenters. The zero-order valence-corrected chi connectivity index (χ0v) is 7.44. The summed E-state index contributed by atoms with van der Waals surface area (Å²) in [7, 11) is 0. The third-order valence-corrected chi connectivity index (χ3v) is 1.84. The standard InChI is InChI=1S/C9H6F3N3/c10-9(11,12)8-6-13-14-15(8)7-4-2-1-3-5-7/h1-6H. The summed E-state index contributed by atoms with van der Waals surface area (Å²) in [5.74, 6) is 0. The van der Waals surface area contributed by atoms with E-state index in [-0.39, 0.29) is 0 Å². The molecule has 1 aromatic carbocycles. The van der Waals surface area contributed by atoms with Crippen molar-refractivity contribution in [3.8, 4) is 5.69 Å². The molecule has 0 amide bonds. The first-order valence-electron chi connectivity index (χ1n) is 4.12. The summed E-state index contributed by atoms with van der Waals surface area (Å²) in [6.45, 7) is 0. The molecule has 0 spiro atoms. The van der Waals surface area contributed by atoms with Gasteiger partial charge in [-0.1, -0.05) is 23.4 Å². The van der Waals surface area contributed by atoms with Crippen LogP contribution in [0.1, 0.15) is 5.69 Å². The lowest BCUT2D eigenvalue weighted by atomic mass is 10.3. The predicted molar refractivity (Wildman–Crippen MR) is 46.4 cm³/mol. The summed E-state index contributed by atoms with van der Waals surface area (Å²) in [5.41, 5.74) is -0.545. The first-order chi connectivity index (χ1) is 7.09. The van der Waals surface area contributed by atoms with E-state index in [0.29, 0.717) is 11.9 Å². The Labute approximate surface area is 83.1 Å². The topological polar surface area (TPSA) is 30.7 Å². The maximum absolute atomic E-state index is 12.5. The van der Waals surface area contributed by atoms with Gasteiger partial charge in [-0.15, -0.1) is 5.10 Å². The van der Waals surface area contributed by atoms with Gasteiger partial charge in [-0.05, 0) is 12.1 Å². The number of aromatic nitrogens is 3. The second kappa shape index (κ2) is 3.38. The summed E-state index contributed by atoms with van der Waals surface area (Å²) >= 11 is 0. The average molecular weight is 213 g/mol. The molecule has 0 aliphatic carbocycles. The van der Waals surface area contributed by atoms with E-state index in [1.54, 1.807) is 18.2 Å². The molecule has 0 aliphatic rings. The highest BCUT2D eigenvalue weighted by Crippen LogP contribution is 2.29. The first-order valence-corrected chi connectivity index (χ1v) is 4.12. The number of alkyl halides is 3. The van der Waals surface area contributed by atoms with E-state index in [1.807, 2.05) is 0 Å². The van der Waals surface area contributed by atoms with Gasteiger partial charge < -0.3 is 0 Å². The Kier molecular flexibility index (Phi) is 2.18. The highest BCUT2D eigenvalue weighted by molar-refractivity contribution is 5.32. The van der Waals surface area contributed by atoms with Crippen LogP contribution in [0.2, 0.25) is 0 Å². The molecule has 2 aromatic rings. The van der Waals surface area contributed by atoms with Crippen molar-refractivity contribution < 1.29 is 13.2 Å². The Morgan fingerprint density at radius 3 is 2.33 bits per heavy atom. The quantitative estimate of drug-likeness (QED) is 0.727. The number of rotatable bonds is 1. The molecular formula is C9H6F3N3. The molecule has 0 saturated carbocycles. The molecule has 3 nitrogen and oxygen atoms in total. The molecule has 0 fully saturated rings. The summed E-state index contributed by atoms with van der Waals surface area (Å²) < 4.78 is 38.2. The fourth-order valence-corrected chi connectivity index (χ4v) is 1.19. The summed E-state index contributed by atoms with van der Waals surface area (Å²) in [6, 6.07) is 8.05. The van der Waals surface area contributed by atoms with E-state index in [0.717, 1.165) is 4.68 Å². The van der Waals surface area contributed by atoms with Gasteiger partial charge in [0.2, 0.25) is 0 Å². The van der Waals surface area contributed by atoms with Crippen molar-refractivity contribution in [1.82, 2.24) is 15.0 Å². The predicted octanol–water partition coefficient (Wildman–Crippen LogP) is 2.29. The van der Waals surface area contributed by atoms with Crippen molar-refractivity contribution in [3.63, 3.8) is 0 Å². The van der Waals surface area contributed by atoms with E-state index < -0.39 is 11.9 Å². The van der Waals surface area contributed by atoms with Crippen LogP contribution in [0.3, 0.4) is 0 Å². The van der Waals surface area contributed by atoms with Crippen LogP contribution in [0.4, 0.5) is 13.2 Å².